The van der Waals surface area contributed by atoms with E-state index in [1.807, 2.05) is 65.6 Å². The molecule has 2 aliphatic heterocycles. The second kappa shape index (κ2) is 7.98. The number of amides is 2. The van der Waals surface area contributed by atoms with E-state index in [0.717, 1.165) is 30.5 Å². The zero-order valence-electron chi connectivity index (χ0n) is 15.8. The lowest BCUT2D eigenvalue weighted by molar-refractivity contribution is -0.138. The molecule has 2 amide bonds. The van der Waals surface area contributed by atoms with Crippen LogP contribution >= 0.6 is 0 Å². The number of rotatable bonds is 5. The van der Waals surface area contributed by atoms with Gasteiger partial charge < -0.3 is 10.0 Å². The summed E-state index contributed by atoms with van der Waals surface area (Å²) in [5.74, 6) is -0.364. The number of carbonyl (C=O) groups is 2. The Morgan fingerprint density at radius 2 is 1.61 bits per heavy atom. The third-order valence-electron chi connectivity index (χ3n) is 5.48. The van der Waals surface area contributed by atoms with Crippen molar-refractivity contribution in [3.05, 3.63) is 77.5 Å². The van der Waals surface area contributed by atoms with Crippen molar-refractivity contribution in [2.75, 3.05) is 19.7 Å². The Kier molecular flexibility index (Phi) is 5.26. The molecule has 0 aliphatic carbocycles. The van der Waals surface area contributed by atoms with Crippen LogP contribution in [0.5, 0.6) is 0 Å². The number of piperidine rings is 1. The minimum Gasteiger partial charge on any atom is -0.396 e. The monoisotopic (exact) mass is 376 g/mol. The number of likely N-dealkylation sites (tertiary alicyclic amines) is 1. The van der Waals surface area contributed by atoms with Gasteiger partial charge in [0, 0.05) is 19.7 Å². The van der Waals surface area contributed by atoms with Gasteiger partial charge in [0.05, 0.1) is 12.1 Å². The van der Waals surface area contributed by atoms with Crippen LogP contribution < -0.4 is 0 Å². The zero-order chi connectivity index (χ0) is 19.5. The molecular formula is C23H24N2O3. The molecule has 2 aliphatic rings. The summed E-state index contributed by atoms with van der Waals surface area (Å²) in [5.41, 5.74) is 2.63. The number of hydrogen-bond acceptors (Lipinski definition) is 4. The number of hydrogen-bond donors (Lipinski definition) is 1. The number of aliphatic hydroxyl groups is 1. The highest BCUT2D eigenvalue weighted by Gasteiger charge is 2.42. The molecule has 144 valence electrons. The summed E-state index contributed by atoms with van der Waals surface area (Å²) in [6, 6.07) is 19.0. The molecule has 5 nitrogen and oxygen atoms in total. The standard InChI is InChI=1S/C23H24N2O3/c26-16-18-10-7-13-24(14-18)21-20(19-11-5-2-6-12-19)22(27)25(23(21)28)15-17-8-3-1-4-9-17/h1-6,8-9,11-12,18,26H,7,10,13-16H2. The first-order chi connectivity index (χ1) is 13.7. The van der Waals surface area contributed by atoms with Crippen LogP contribution in [0.2, 0.25) is 0 Å². The lowest BCUT2D eigenvalue weighted by atomic mass is 9.97. The molecule has 0 aromatic heterocycles. The summed E-state index contributed by atoms with van der Waals surface area (Å²) in [6.07, 6.45) is 1.84. The number of aliphatic hydroxyl groups excluding tert-OH is 1. The molecule has 0 radical (unpaired) electrons. The van der Waals surface area contributed by atoms with E-state index >= 15 is 0 Å². The van der Waals surface area contributed by atoms with Gasteiger partial charge in [0.2, 0.25) is 0 Å². The molecule has 0 spiro atoms. The summed E-state index contributed by atoms with van der Waals surface area (Å²) in [7, 11) is 0. The van der Waals surface area contributed by atoms with Gasteiger partial charge in [-0.05, 0) is 29.9 Å². The van der Waals surface area contributed by atoms with Crippen molar-refractivity contribution >= 4 is 17.4 Å². The quantitative estimate of drug-likeness (QED) is 0.815. The first-order valence-corrected chi connectivity index (χ1v) is 9.74. The largest absolute Gasteiger partial charge is 0.396 e. The molecular weight excluding hydrogens is 352 g/mol. The van der Waals surface area contributed by atoms with Gasteiger partial charge in [-0.15, -0.1) is 0 Å². The molecule has 5 heteroatoms. The Bertz CT molecular complexity index is 893. The van der Waals surface area contributed by atoms with E-state index in [1.165, 1.54) is 4.90 Å². The topological polar surface area (TPSA) is 60.9 Å². The zero-order valence-corrected chi connectivity index (χ0v) is 15.8. The van der Waals surface area contributed by atoms with E-state index in [1.54, 1.807) is 0 Å². The van der Waals surface area contributed by atoms with Crippen molar-refractivity contribution in [1.82, 2.24) is 9.80 Å². The molecule has 1 unspecified atom stereocenters. The average molecular weight is 376 g/mol. The van der Waals surface area contributed by atoms with E-state index in [-0.39, 0.29) is 30.9 Å². The van der Waals surface area contributed by atoms with Crippen LogP contribution in [0.1, 0.15) is 24.0 Å². The van der Waals surface area contributed by atoms with Crippen molar-refractivity contribution in [1.29, 1.82) is 0 Å². The summed E-state index contributed by atoms with van der Waals surface area (Å²) in [5, 5.41) is 9.59. The van der Waals surface area contributed by atoms with Gasteiger partial charge in [0.25, 0.3) is 11.8 Å². The second-order valence-corrected chi connectivity index (χ2v) is 7.41. The number of imide groups is 1. The number of carbonyl (C=O) groups excluding carboxylic acids is 2. The molecule has 4 rings (SSSR count). The molecule has 0 bridgehead atoms. The van der Waals surface area contributed by atoms with Crippen molar-refractivity contribution in [2.45, 2.75) is 19.4 Å². The Morgan fingerprint density at radius 3 is 2.29 bits per heavy atom. The first-order valence-electron chi connectivity index (χ1n) is 9.74. The van der Waals surface area contributed by atoms with Crippen LogP contribution in [0.4, 0.5) is 0 Å². The van der Waals surface area contributed by atoms with Gasteiger partial charge in [-0.3, -0.25) is 14.5 Å². The molecule has 0 saturated carbocycles. The fraction of sp³-hybridized carbons (Fsp3) is 0.304. The lowest BCUT2D eigenvalue weighted by Crippen LogP contribution is -2.40. The van der Waals surface area contributed by atoms with Gasteiger partial charge >= 0.3 is 0 Å². The highest BCUT2D eigenvalue weighted by molar-refractivity contribution is 6.35. The molecule has 1 N–H and O–H groups in total. The normalized spacial score (nSPS) is 20.2. The maximum atomic E-state index is 13.3. The van der Waals surface area contributed by atoms with Gasteiger partial charge in [-0.25, -0.2) is 0 Å². The van der Waals surface area contributed by atoms with Crippen LogP contribution in [-0.4, -0.2) is 46.4 Å². The Balaban J connectivity index is 1.72. The third kappa shape index (κ3) is 3.45. The maximum Gasteiger partial charge on any atom is 0.278 e. The Labute approximate surface area is 164 Å². The van der Waals surface area contributed by atoms with Crippen molar-refractivity contribution in [3.8, 4) is 0 Å². The van der Waals surface area contributed by atoms with Crippen LogP contribution in [0, 0.1) is 5.92 Å². The minimum atomic E-state index is -0.249. The van der Waals surface area contributed by atoms with Crippen LogP contribution in [0.25, 0.3) is 5.57 Å². The van der Waals surface area contributed by atoms with Gasteiger partial charge in [-0.2, -0.15) is 0 Å². The van der Waals surface area contributed by atoms with Crippen molar-refractivity contribution < 1.29 is 14.7 Å². The van der Waals surface area contributed by atoms with Crippen LogP contribution in [0.3, 0.4) is 0 Å². The molecule has 2 aromatic carbocycles. The van der Waals surface area contributed by atoms with Gasteiger partial charge in [0.1, 0.15) is 5.70 Å². The molecule has 1 fully saturated rings. The summed E-state index contributed by atoms with van der Waals surface area (Å²) in [4.78, 5) is 30.0. The van der Waals surface area contributed by atoms with E-state index in [0.29, 0.717) is 17.8 Å². The predicted molar refractivity (Wildman–Crippen MR) is 107 cm³/mol. The Hall–Kier alpha value is -2.92. The maximum absolute atomic E-state index is 13.3. The Morgan fingerprint density at radius 1 is 0.929 bits per heavy atom. The van der Waals surface area contributed by atoms with Crippen LogP contribution in [-0.2, 0) is 16.1 Å². The predicted octanol–water partition coefficient (Wildman–Crippen LogP) is 2.67. The molecule has 2 aromatic rings. The van der Waals surface area contributed by atoms with Crippen LogP contribution in [0.15, 0.2) is 66.4 Å². The molecule has 1 atom stereocenters. The summed E-state index contributed by atoms with van der Waals surface area (Å²) in [6.45, 7) is 1.68. The fourth-order valence-corrected chi connectivity index (χ4v) is 4.05. The summed E-state index contributed by atoms with van der Waals surface area (Å²) < 4.78 is 0. The summed E-state index contributed by atoms with van der Waals surface area (Å²) >= 11 is 0. The van der Waals surface area contributed by atoms with Gasteiger partial charge in [-0.1, -0.05) is 60.7 Å². The van der Waals surface area contributed by atoms with E-state index in [9.17, 15) is 14.7 Å². The van der Waals surface area contributed by atoms with Crippen molar-refractivity contribution in [3.63, 3.8) is 0 Å². The lowest BCUT2D eigenvalue weighted by Gasteiger charge is -2.34. The minimum absolute atomic E-state index is 0.0975. The highest BCUT2D eigenvalue weighted by atomic mass is 16.3. The number of benzene rings is 2. The molecule has 28 heavy (non-hydrogen) atoms. The SMILES string of the molecule is O=C1C(c2ccccc2)=C(N2CCCC(CO)C2)C(=O)N1Cc1ccccc1. The van der Waals surface area contributed by atoms with Gasteiger partial charge in [0.15, 0.2) is 0 Å². The fourth-order valence-electron chi connectivity index (χ4n) is 4.05. The van der Waals surface area contributed by atoms with E-state index in [4.69, 9.17) is 0 Å². The smallest absolute Gasteiger partial charge is 0.278 e. The molecule has 1 saturated heterocycles. The second-order valence-electron chi connectivity index (χ2n) is 7.41. The number of nitrogens with zero attached hydrogens (tertiary/aromatic N) is 2. The molecule has 2 heterocycles. The van der Waals surface area contributed by atoms with Crippen molar-refractivity contribution in [2.24, 2.45) is 5.92 Å². The van der Waals surface area contributed by atoms with E-state index in [2.05, 4.69) is 0 Å². The highest BCUT2D eigenvalue weighted by Crippen LogP contribution is 2.34. The first kappa shape index (κ1) is 18.4. The third-order valence-corrected chi connectivity index (χ3v) is 5.48. The average Bonchev–Trinajstić information content (AvgIpc) is 3.00. The van der Waals surface area contributed by atoms with E-state index < -0.39 is 0 Å².